The second kappa shape index (κ2) is 13.9. The first-order valence-electron chi connectivity index (χ1n) is 20.9. The molecule has 0 saturated heterocycles. The van der Waals surface area contributed by atoms with E-state index in [4.69, 9.17) is 0 Å². The maximum absolute atomic E-state index is 3.85. The number of fused-ring (bicyclic) bond motifs is 6. The van der Waals surface area contributed by atoms with Crippen LogP contribution in [0.25, 0.3) is 34.4 Å². The van der Waals surface area contributed by atoms with Crippen LogP contribution < -0.4 is 0 Å². The van der Waals surface area contributed by atoms with Gasteiger partial charge in [-0.25, -0.2) is 0 Å². The number of halogens is 2. The second-order valence-corrected chi connectivity index (χ2v) is 50.7. The number of rotatable bonds is 8. The molecule has 4 fully saturated rings. The third-order valence-corrected chi connectivity index (χ3v) is 33.4. The zero-order valence-corrected chi connectivity index (χ0v) is 38.6. The quantitative estimate of drug-likeness (QED) is 0.155. The van der Waals surface area contributed by atoms with Gasteiger partial charge in [-0.3, -0.25) is 0 Å². The van der Waals surface area contributed by atoms with Crippen LogP contribution in [0.15, 0.2) is 96.1 Å². The smallest absolute Gasteiger partial charge is 0.147 e. The van der Waals surface area contributed by atoms with E-state index in [0.717, 1.165) is 11.8 Å². The van der Waals surface area contributed by atoms with Gasteiger partial charge in [0.25, 0.3) is 0 Å². The molecule has 54 heavy (non-hydrogen) atoms. The molecule has 282 valence electrons. The zero-order valence-electron chi connectivity index (χ0n) is 33.1. The summed E-state index contributed by atoms with van der Waals surface area (Å²) in [6.07, 6.45) is 22.8. The molecular formula is C50H60Cl2SiZr. The van der Waals surface area contributed by atoms with Gasteiger partial charge in [-0.15, -0.1) is 24.8 Å². The number of hydrogen-bond acceptors (Lipinski definition) is 0. The van der Waals surface area contributed by atoms with Crippen LogP contribution in [0.1, 0.15) is 118 Å². The topological polar surface area (TPSA) is 0 Å². The summed E-state index contributed by atoms with van der Waals surface area (Å²) in [5.74, 6) is 1.97. The van der Waals surface area contributed by atoms with Crippen LogP contribution in [-0.2, 0) is 17.4 Å². The van der Waals surface area contributed by atoms with Crippen LogP contribution >= 0.6 is 24.8 Å². The van der Waals surface area contributed by atoms with E-state index in [1.807, 2.05) is 11.1 Å². The predicted octanol–water partition coefficient (Wildman–Crippen LogP) is 14.3. The number of hydrogen-bond donors (Lipinski definition) is 0. The van der Waals surface area contributed by atoms with Gasteiger partial charge in [0.2, 0.25) is 0 Å². The molecule has 6 aliphatic rings. The largest absolute Gasteiger partial charge is 0.147 e. The zero-order chi connectivity index (χ0) is 35.5. The molecule has 0 amide bonds. The first kappa shape index (κ1) is 38.9. The van der Waals surface area contributed by atoms with E-state index in [1.54, 1.807) is 22.3 Å². The van der Waals surface area contributed by atoms with Crippen molar-refractivity contribution in [2.45, 2.75) is 107 Å². The minimum Gasteiger partial charge on any atom is -0.147 e. The molecule has 6 aliphatic carbocycles. The van der Waals surface area contributed by atoms with Crippen molar-refractivity contribution in [2.24, 2.45) is 22.7 Å². The molecule has 0 radical (unpaired) electrons. The van der Waals surface area contributed by atoms with E-state index in [2.05, 4.69) is 127 Å². The molecule has 0 N–H and O–H groups in total. The van der Waals surface area contributed by atoms with Crippen molar-refractivity contribution in [3.05, 3.63) is 129 Å². The predicted molar refractivity (Wildman–Crippen MR) is 237 cm³/mol. The minimum atomic E-state index is -3.85. The first-order chi connectivity index (χ1) is 25.0. The van der Waals surface area contributed by atoms with E-state index >= 15 is 0 Å². The Kier molecular flexibility index (Phi) is 9.98. The van der Waals surface area contributed by atoms with Gasteiger partial charge < -0.3 is 0 Å². The average Bonchev–Trinajstić information content (AvgIpc) is 3.98. The molecule has 4 heteroatoms. The molecular weight excluding hydrogens is 791 g/mol. The van der Waals surface area contributed by atoms with Gasteiger partial charge in [-0.05, 0) is 0 Å². The summed E-state index contributed by atoms with van der Waals surface area (Å²) in [7, 11) is 0. The summed E-state index contributed by atoms with van der Waals surface area (Å²) in [5.41, 5.74) is 19.5. The van der Waals surface area contributed by atoms with Crippen molar-refractivity contribution in [2.75, 3.05) is 0 Å². The molecule has 0 aliphatic heterocycles. The number of benzene rings is 4. The second-order valence-electron chi connectivity index (χ2n) is 20.2. The molecule has 0 nitrogen and oxygen atoms in total. The van der Waals surface area contributed by atoms with E-state index in [-0.39, 0.29) is 24.8 Å². The third-order valence-electron chi connectivity index (χ3n) is 15.9. The molecule has 2 unspecified atom stereocenters. The Bertz CT molecular complexity index is 2070. The molecule has 2 atom stereocenters. The molecule has 4 aromatic carbocycles. The summed E-state index contributed by atoms with van der Waals surface area (Å²) < 4.78 is 7.00. The van der Waals surface area contributed by atoms with Gasteiger partial charge in [0.1, 0.15) is 0 Å². The molecule has 10 rings (SSSR count). The van der Waals surface area contributed by atoms with Crippen LogP contribution in [0.3, 0.4) is 0 Å². The van der Waals surface area contributed by atoms with Crippen LogP contribution in [0.2, 0.25) is 9.26 Å². The van der Waals surface area contributed by atoms with Crippen LogP contribution in [-0.4, -0.2) is 6.88 Å². The van der Waals surface area contributed by atoms with Crippen molar-refractivity contribution in [1.29, 1.82) is 0 Å². The Morgan fingerprint density at radius 3 is 1.26 bits per heavy atom. The van der Waals surface area contributed by atoms with Gasteiger partial charge in [-0.2, -0.15) is 0 Å². The summed E-state index contributed by atoms with van der Waals surface area (Å²) in [5, 5.41) is 0. The van der Waals surface area contributed by atoms with Crippen molar-refractivity contribution in [3.63, 3.8) is 0 Å². The van der Waals surface area contributed by atoms with Gasteiger partial charge in [0.15, 0.2) is 0 Å². The normalized spacial score (nSPS) is 29.0. The minimum absolute atomic E-state index is 0. The molecule has 0 spiro atoms. The maximum Gasteiger partial charge on any atom is -0.147 e. The molecule has 0 aromatic heterocycles. The fraction of sp³-hybridized carbons (Fsp3) is 0.440. The van der Waals surface area contributed by atoms with E-state index in [0.29, 0.717) is 18.1 Å². The van der Waals surface area contributed by atoms with Crippen LogP contribution in [0.4, 0.5) is 0 Å². The van der Waals surface area contributed by atoms with Crippen molar-refractivity contribution >= 4 is 43.8 Å². The standard InChI is InChI=1S/2C24H25.2CH3.2ClH.H2Si.Zr/c2*1-17-5-7-20(8-6-17)22-4-2-3-21-13-19(14-23(21)22)16-24-11-9-18(15-24)10-12-24;;;;;;/h2*2-8,13-14,18H,9-12,15-16H2,1H3;2*1H3;2*1H;1H2;. The van der Waals surface area contributed by atoms with E-state index < -0.39 is 17.4 Å². The molecule has 4 saturated carbocycles. The van der Waals surface area contributed by atoms with E-state index in [9.17, 15) is 0 Å². The fourth-order valence-corrected chi connectivity index (χ4v) is 33.3. The Morgan fingerprint density at radius 2 is 0.926 bits per heavy atom. The Labute approximate surface area is 340 Å². The molecule has 0 heterocycles. The van der Waals surface area contributed by atoms with Gasteiger partial charge in [0.05, 0.1) is 0 Å². The Hall–Kier alpha value is -1.96. The van der Waals surface area contributed by atoms with Gasteiger partial charge in [0, 0.05) is 0 Å². The summed E-state index contributed by atoms with van der Waals surface area (Å²) >= 11 is -3.85. The first-order valence-corrected chi connectivity index (χ1v) is 34.5. The third kappa shape index (κ3) is 6.32. The van der Waals surface area contributed by atoms with Crippen LogP contribution in [0, 0.1) is 36.5 Å². The monoisotopic (exact) mass is 848 g/mol. The van der Waals surface area contributed by atoms with Crippen LogP contribution in [0.5, 0.6) is 0 Å². The van der Waals surface area contributed by atoms with Crippen molar-refractivity contribution in [1.82, 2.24) is 0 Å². The average molecular weight is 851 g/mol. The Morgan fingerprint density at radius 1 is 0.556 bits per heavy atom. The van der Waals surface area contributed by atoms with Crippen molar-refractivity contribution < 1.29 is 17.4 Å². The molecule has 4 bridgehead atoms. The summed E-state index contributed by atoms with van der Waals surface area (Å²) in [4.78, 5) is 0. The van der Waals surface area contributed by atoms with Crippen molar-refractivity contribution in [3.8, 4) is 22.3 Å². The Balaban J connectivity index is 0.00000207. The summed E-state index contributed by atoms with van der Waals surface area (Å²) in [6.45, 7) is 7.02. The van der Waals surface area contributed by atoms with E-state index in [1.165, 1.54) is 110 Å². The fourth-order valence-electron chi connectivity index (χ4n) is 13.6. The molecule has 4 aromatic rings. The maximum atomic E-state index is 2.92. The van der Waals surface area contributed by atoms with Gasteiger partial charge >= 0.3 is 318 Å². The summed E-state index contributed by atoms with van der Waals surface area (Å²) in [6, 6.07) is 33.6. The number of aryl methyl sites for hydroxylation is 2. The number of allylic oxidation sites excluding steroid dienone is 2. The SMILES string of the molecule is Cc1ccc(-c2cccc3c2C=C(CC24CCC(CC2)C4)[CH]3[Zr]([CH3])([CH3])(=[SiH2])[CH]2C(CC34CCC(CC3)C4)=Cc3c(-c4ccc(C)cc4)cccc32)cc1.Cl.Cl. The van der Waals surface area contributed by atoms with Gasteiger partial charge in [-0.1, -0.05) is 0 Å².